The van der Waals surface area contributed by atoms with Gasteiger partial charge in [0.25, 0.3) is 0 Å². The monoisotopic (exact) mass is 324 g/mol. The lowest BCUT2D eigenvalue weighted by molar-refractivity contribution is 0.414. The Morgan fingerprint density at radius 3 is 2.48 bits per heavy atom. The zero-order chi connectivity index (χ0) is 16.4. The van der Waals surface area contributed by atoms with Crippen molar-refractivity contribution in [2.24, 2.45) is 0 Å². The van der Waals surface area contributed by atoms with Crippen LogP contribution in [0.3, 0.4) is 0 Å². The van der Waals surface area contributed by atoms with E-state index < -0.39 is 0 Å². The number of rotatable bonds is 4. The van der Waals surface area contributed by atoms with E-state index in [-0.39, 0.29) is 0 Å². The van der Waals surface area contributed by atoms with E-state index in [1.54, 1.807) is 7.11 Å². The van der Waals surface area contributed by atoms with Gasteiger partial charge in [0.15, 0.2) is 4.71 Å². The average molecular weight is 324 g/mol. The number of ether oxygens (including phenoxy) is 1. The summed E-state index contributed by atoms with van der Waals surface area (Å²) in [7, 11) is 1.65. The number of aryl methyl sites for hydroxylation is 2. The van der Waals surface area contributed by atoms with E-state index in [2.05, 4.69) is 38.1 Å². The molecule has 0 N–H and O–H groups in total. The minimum atomic E-state index is 0.518. The van der Waals surface area contributed by atoms with Gasteiger partial charge in [-0.1, -0.05) is 32.0 Å². The summed E-state index contributed by atoms with van der Waals surface area (Å²) >= 11 is 5.50. The highest BCUT2D eigenvalue weighted by atomic mass is 32.1. The molecule has 3 rings (SSSR count). The Labute approximate surface area is 141 Å². The Balaban J connectivity index is 2.20. The second-order valence-electron chi connectivity index (χ2n) is 5.55. The maximum absolute atomic E-state index is 5.88. The first-order valence-corrected chi connectivity index (χ1v) is 8.31. The molecule has 0 aliphatic heterocycles. The summed E-state index contributed by atoms with van der Waals surface area (Å²) in [4.78, 5) is 0. The zero-order valence-electron chi connectivity index (χ0n) is 13.7. The van der Waals surface area contributed by atoms with Crippen molar-refractivity contribution in [2.75, 3.05) is 7.11 Å². The molecule has 0 spiro atoms. The normalized spacial score (nSPS) is 10.9. The Kier molecular flexibility index (Phi) is 4.49. The van der Waals surface area contributed by atoms with Crippen LogP contribution in [0.15, 0.2) is 46.9 Å². The Morgan fingerprint density at radius 2 is 1.78 bits per heavy atom. The van der Waals surface area contributed by atoms with Crippen molar-refractivity contribution in [1.29, 1.82) is 0 Å². The fourth-order valence-corrected chi connectivity index (χ4v) is 3.09. The number of benzene rings is 2. The van der Waals surface area contributed by atoms with Crippen molar-refractivity contribution >= 4 is 23.2 Å². The van der Waals surface area contributed by atoms with Crippen LogP contribution in [0.5, 0.6) is 5.75 Å². The molecule has 23 heavy (non-hydrogen) atoms. The minimum Gasteiger partial charge on any atom is -0.497 e. The topological polar surface area (TPSA) is 22.4 Å². The van der Waals surface area contributed by atoms with Crippen LogP contribution in [0, 0.1) is 4.71 Å². The third-order valence-electron chi connectivity index (χ3n) is 4.19. The Hall–Kier alpha value is -2.13. The number of hydrogen-bond donors (Lipinski definition) is 0. The first-order chi connectivity index (χ1) is 11.2. The number of methoxy groups -OCH3 is 1. The van der Waals surface area contributed by atoms with E-state index in [9.17, 15) is 0 Å². The van der Waals surface area contributed by atoms with Gasteiger partial charge in [0.05, 0.1) is 7.11 Å². The first kappa shape index (κ1) is 15.8. The van der Waals surface area contributed by atoms with E-state index in [1.807, 2.05) is 18.2 Å². The molecule has 1 aromatic heterocycles. The van der Waals surface area contributed by atoms with Gasteiger partial charge >= 0.3 is 0 Å². The molecule has 0 saturated heterocycles. The molecule has 3 aromatic rings. The van der Waals surface area contributed by atoms with Crippen molar-refractivity contribution in [2.45, 2.75) is 26.7 Å². The summed E-state index contributed by atoms with van der Waals surface area (Å²) in [6, 6.07) is 14.5. The third kappa shape index (κ3) is 3.02. The van der Waals surface area contributed by atoms with E-state index >= 15 is 0 Å². The van der Waals surface area contributed by atoms with Crippen molar-refractivity contribution < 1.29 is 9.15 Å². The second kappa shape index (κ2) is 6.55. The van der Waals surface area contributed by atoms with Crippen LogP contribution in [0.4, 0.5) is 0 Å². The van der Waals surface area contributed by atoms with Gasteiger partial charge in [-0.2, -0.15) is 0 Å². The fraction of sp³-hybridized carbons (Fsp3) is 0.250. The molecule has 3 heteroatoms. The van der Waals surface area contributed by atoms with E-state index in [1.165, 1.54) is 11.1 Å². The highest BCUT2D eigenvalue weighted by molar-refractivity contribution is 7.71. The molecule has 0 bridgehead atoms. The molecule has 118 valence electrons. The fourth-order valence-electron chi connectivity index (χ4n) is 2.83. The summed E-state index contributed by atoms with van der Waals surface area (Å²) in [5, 5.41) is 1.02. The van der Waals surface area contributed by atoms with Crippen LogP contribution in [0.2, 0.25) is 0 Å². The van der Waals surface area contributed by atoms with E-state index in [0.29, 0.717) is 4.71 Å². The van der Waals surface area contributed by atoms with Crippen LogP contribution in [0.1, 0.15) is 25.0 Å². The highest BCUT2D eigenvalue weighted by Crippen LogP contribution is 2.31. The molecule has 0 atom stereocenters. The highest BCUT2D eigenvalue weighted by Gasteiger charge is 2.10. The summed E-state index contributed by atoms with van der Waals surface area (Å²) < 4.78 is 11.6. The molecule has 0 unspecified atom stereocenters. The summed E-state index contributed by atoms with van der Waals surface area (Å²) in [6.45, 7) is 4.34. The number of fused-ring (bicyclic) bond motifs is 1. The van der Waals surface area contributed by atoms with Gasteiger partial charge in [-0.05, 0) is 59.9 Å². The molecule has 0 aliphatic rings. The maximum atomic E-state index is 5.88. The molecule has 0 saturated carbocycles. The van der Waals surface area contributed by atoms with Crippen LogP contribution in [0.25, 0.3) is 22.1 Å². The molecular weight excluding hydrogens is 304 g/mol. The van der Waals surface area contributed by atoms with Gasteiger partial charge in [0.2, 0.25) is 0 Å². The van der Waals surface area contributed by atoms with Gasteiger partial charge < -0.3 is 9.15 Å². The van der Waals surface area contributed by atoms with E-state index in [4.69, 9.17) is 21.4 Å². The second-order valence-corrected chi connectivity index (χ2v) is 5.92. The first-order valence-electron chi connectivity index (χ1n) is 7.90. The Bertz CT molecular complexity index is 909. The summed E-state index contributed by atoms with van der Waals surface area (Å²) in [5.74, 6) is 0.768. The van der Waals surface area contributed by atoms with Gasteiger partial charge in [-0.25, -0.2) is 0 Å². The van der Waals surface area contributed by atoms with Crippen molar-refractivity contribution in [3.63, 3.8) is 0 Å². The molecule has 0 fully saturated rings. The summed E-state index contributed by atoms with van der Waals surface area (Å²) in [6.07, 6.45) is 2.01. The maximum Gasteiger partial charge on any atom is 0.198 e. The lowest BCUT2D eigenvalue weighted by Gasteiger charge is -2.11. The van der Waals surface area contributed by atoms with Crippen LogP contribution in [-0.2, 0) is 12.8 Å². The molecule has 0 radical (unpaired) electrons. The summed E-state index contributed by atoms with van der Waals surface area (Å²) in [5.41, 5.74) is 5.55. The molecule has 1 heterocycles. The van der Waals surface area contributed by atoms with E-state index in [0.717, 1.165) is 40.7 Å². The standard InChI is InChI=1S/C20H20O2S/c1-4-13-6-9-17(14(5-2)10-13)18-11-15-7-8-16(21-3)12-19(15)22-20(18)23/h6-12H,4-5H2,1-3H3. The quantitative estimate of drug-likeness (QED) is 0.553. The molecule has 2 aromatic carbocycles. The smallest absolute Gasteiger partial charge is 0.198 e. The van der Waals surface area contributed by atoms with Crippen molar-refractivity contribution in [1.82, 2.24) is 0 Å². The van der Waals surface area contributed by atoms with Crippen LogP contribution < -0.4 is 4.74 Å². The third-order valence-corrected chi connectivity index (χ3v) is 4.50. The Morgan fingerprint density at radius 1 is 0.957 bits per heavy atom. The van der Waals surface area contributed by atoms with Crippen molar-refractivity contribution in [3.8, 4) is 16.9 Å². The average Bonchev–Trinajstić information content (AvgIpc) is 2.60. The van der Waals surface area contributed by atoms with Gasteiger partial charge in [0, 0.05) is 17.0 Å². The lowest BCUT2D eigenvalue weighted by atomic mass is 9.96. The predicted octanol–water partition coefficient (Wildman–Crippen LogP) is 5.96. The zero-order valence-corrected chi connectivity index (χ0v) is 14.5. The van der Waals surface area contributed by atoms with Gasteiger partial charge in [-0.15, -0.1) is 0 Å². The molecule has 0 aliphatic carbocycles. The molecule has 0 amide bonds. The molecule has 2 nitrogen and oxygen atoms in total. The predicted molar refractivity (Wildman–Crippen MR) is 97.8 cm³/mol. The largest absolute Gasteiger partial charge is 0.497 e. The SMILES string of the molecule is CCc1ccc(-c2cc3ccc(OC)cc3oc2=S)c(CC)c1. The van der Waals surface area contributed by atoms with Crippen LogP contribution >= 0.6 is 12.2 Å². The number of hydrogen-bond acceptors (Lipinski definition) is 3. The molecular formula is C20H20O2S. The lowest BCUT2D eigenvalue weighted by Crippen LogP contribution is -1.92. The van der Waals surface area contributed by atoms with Gasteiger partial charge in [0.1, 0.15) is 11.3 Å². The minimum absolute atomic E-state index is 0.518. The van der Waals surface area contributed by atoms with Gasteiger partial charge in [-0.3, -0.25) is 0 Å². The van der Waals surface area contributed by atoms with Crippen molar-refractivity contribution in [3.05, 3.63) is 58.3 Å². The van der Waals surface area contributed by atoms with Crippen LogP contribution in [-0.4, -0.2) is 7.11 Å².